The molecule has 0 unspecified atom stereocenters. The molecule has 0 aromatic heterocycles. The van der Waals surface area contributed by atoms with Crippen LogP contribution in [0.4, 0.5) is 0 Å². The summed E-state index contributed by atoms with van der Waals surface area (Å²) < 4.78 is 11.2. The third-order valence-electron chi connectivity index (χ3n) is 5.22. The lowest BCUT2D eigenvalue weighted by atomic mass is 9.96. The molecule has 2 amide bonds. The van der Waals surface area contributed by atoms with Gasteiger partial charge in [0, 0.05) is 25.4 Å². The molecule has 0 radical (unpaired) electrons. The predicted molar refractivity (Wildman–Crippen MR) is 101 cm³/mol. The number of nitrogens with zero attached hydrogens (tertiary/aromatic N) is 2. The summed E-state index contributed by atoms with van der Waals surface area (Å²) in [6.07, 6.45) is 2.04. The van der Waals surface area contributed by atoms with Crippen molar-refractivity contribution in [3.05, 3.63) is 35.9 Å². The van der Waals surface area contributed by atoms with Crippen LogP contribution in [0.5, 0.6) is 0 Å². The van der Waals surface area contributed by atoms with Crippen LogP contribution in [0.25, 0.3) is 0 Å². The molecule has 2 aliphatic heterocycles. The molecule has 7 heteroatoms. The van der Waals surface area contributed by atoms with Crippen LogP contribution in [-0.4, -0.2) is 67.3 Å². The maximum absolute atomic E-state index is 12.8. The molecule has 2 saturated heterocycles. The topological polar surface area (TPSA) is 85.1 Å². The fourth-order valence-corrected chi connectivity index (χ4v) is 3.66. The zero-order valence-corrected chi connectivity index (χ0v) is 15.7. The second-order valence-corrected chi connectivity index (χ2v) is 7.24. The third kappa shape index (κ3) is 6.02. The van der Waals surface area contributed by atoms with E-state index in [4.69, 9.17) is 15.2 Å². The molecule has 0 atom stereocenters. The number of hydrogen-bond acceptors (Lipinski definition) is 5. The van der Waals surface area contributed by atoms with Gasteiger partial charge in [0.1, 0.15) is 0 Å². The van der Waals surface area contributed by atoms with Crippen molar-refractivity contribution in [1.29, 1.82) is 0 Å². The number of likely N-dealkylation sites (tertiary alicyclic amines) is 1. The number of piperidine rings is 1. The van der Waals surface area contributed by atoms with Crippen molar-refractivity contribution < 1.29 is 19.1 Å². The molecule has 0 spiro atoms. The summed E-state index contributed by atoms with van der Waals surface area (Å²) in [5, 5.41) is 0. The minimum Gasteiger partial charge on any atom is -0.370 e. The van der Waals surface area contributed by atoms with Crippen LogP contribution in [0.15, 0.2) is 30.3 Å². The lowest BCUT2D eigenvalue weighted by Crippen LogP contribution is -2.45. The maximum atomic E-state index is 12.8. The van der Waals surface area contributed by atoms with Gasteiger partial charge in [0.15, 0.2) is 6.29 Å². The lowest BCUT2D eigenvalue weighted by molar-refractivity contribution is -0.134. The van der Waals surface area contributed by atoms with Crippen LogP contribution in [0.2, 0.25) is 0 Å². The van der Waals surface area contributed by atoms with Crippen molar-refractivity contribution >= 4 is 11.8 Å². The molecule has 2 heterocycles. The van der Waals surface area contributed by atoms with E-state index in [2.05, 4.69) is 4.90 Å². The van der Waals surface area contributed by atoms with Gasteiger partial charge in [0.25, 0.3) is 0 Å². The Labute approximate surface area is 160 Å². The highest BCUT2D eigenvalue weighted by molar-refractivity contribution is 5.79. The average molecular weight is 375 g/mol. The summed E-state index contributed by atoms with van der Waals surface area (Å²) in [4.78, 5) is 27.9. The van der Waals surface area contributed by atoms with Crippen molar-refractivity contribution in [3.8, 4) is 0 Å². The number of amides is 2. The first-order chi connectivity index (χ1) is 13.1. The zero-order valence-electron chi connectivity index (χ0n) is 15.7. The van der Waals surface area contributed by atoms with Gasteiger partial charge in [-0.1, -0.05) is 30.3 Å². The van der Waals surface area contributed by atoms with E-state index in [9.17, 15) is 9.59 Å². The Bertz CT molecular complexity index is 611. The van der Waals surface area contributed by atoms with Gasteiger partial charge >= 0.3 is 0 Å². The Morgan fingerprint density at radius 2 is 1.78 bits per heavy atom. The summed E-state index contributed by atoms with van der Waals surface area (Å²) in [5.74, 6) is 0.0549. The summed E-state index contributed by atoms with van der Waals surface area (Å²) >= 11 is 0. The minimum atomic E-state index is -0.391. The highest BCUT2D eigenvalue weighted by atomic mass is 16.7. The maximum Gasteiger partial charge on any atom is 0.237 e. The van der Waals surface area contributed by atoms with E-state index in [-0.39, 0.29) is 18.6 Å². The van der Waals surface area contributed by atoms with E-state index in [1.807, 2.05) is 30.3 Å². The number of rotatable bonds is 8. The predicted octanol–water partition coefficient (Wildman–Crippen LogP) is 0.975. The molecule has 1 aromatic rings. The molecule has 7 nitrogen and oxygen atoms in total. The number of primary amides is 1. The molecule has 2 aliphatic rings. The zero-order chi connectivity index (χ0) is 19.1. The third-order valence-corrected chi connectivity index (χ3v) is 5.22. The van der Waals surface area contributed by atoms with E-state index in [1.54, 1.807) is 4.90 Å². The molecule has 2 N–H and O–H groups in total. The fraction of sp³-hybridized carbons (Fsp3) is 0.600. The van der Waals surface area contributed by atoms with Gasteiger partial charge in [-0.2, -0.15) is 0 Å². The second-order valence-electron chi connectivity index (χ2n) is 7.24. The summed E-state index contributed by atoms with van der Waals surface area (Å²) in [7, 11) is 0. The molecule has 2 fully saturated rings. The van der Waals surface area contributed by atoms with Crippen LogP contribution >= 0.6 is 0 Å². The van der Waals surface area contributed by atoms with Gasteiger partial charge in [-0.05, 0) is 31.5 Å². The van der Waals surface area contributed by atoms with Crippen LogP contribution in [-0.2, 0) is 25.6 Å². The Kier molecular flexibility index (Phi) is 7.20. The first-order valence-electron chi connectivity index (χ1n) is 9.67. The highest BCUT2D eigenvalue weighted by Gasteiger charge is 2.31. The van der Waals surface area contributed by atoms with Crippen molar-refractivity contribution in [3.63, 3.8) is 0 Å². The summed E-state index contributed by atoms with van der Waals surface area (Å²) in [6.45, 7) is 4.28. The fourth-order valence-electron chi connectivity index (χ4n) is 3.66. The number of nitrogens with two attached hydrogens (primary N) is 1. The van der Waals surface area contributed by atoms with E-state index >= 15 is 0 Å². The number of benzene rings is 1. The SMILES string of the molecule is NC(=O)CCN(Cc1ccccc1)C(=O)CN1CCC(C2OCCO2)CC1. The number of hydrogen-bond donors (Lipinski definition) is 1. The van der Waals surface area contributed by atoms with E-state index in [0.29, 0.717) is 38.8 Å². The van der Waals surface area contributed by atoms with Crippen molar-refractivity contribution in [2.75, 3.05) is 39.4 Å². The smallest absolute Gasteiger partial charge is 0.237 e. The Morgan fingerprint density at radius 3 is 2.41 bits per heavy atom. The summed E-state index contributed by atoms with van der Waals surface area (Å²) in [5.41, 5.74) is 6.33. The number of ether oxygens (including phenoxy) is 2. The molecule has 148 valence electrons. The quantitative estimate of drug-likeness (QED) is 0.732. The largest absolute Gasteiger partial charge is 0.370 e. The number of carbonyl (C=O) groups excluding carboxylic acids is 2. The van der Waals surface area contributed by atoms with Gasteiger partial charge in [0.05, 0.1) is 19.8 Å². The molecule has 1 aromatic carbocycles. The Morgan fingerprint density at radius 1 is 1.11 bits per heavy atom. The Hall–Kier alpha value is -1.96. The van der Waals surface area contributed by atoms with E-state index < -0.39 is 5.91 Å². The summed E-state index contributed by atoms with van der Waals surface area (Å²) in [6, 6.07) is 9.81. The van der Waals surface area contributed by atoms with Gasteiger partial charge < -0.3 is 20.1 Å². The normalized spacial score (nSPS) is 19.3. The molecule has 0 aliphatic carbocycles. The molecular weight excluding hydrogens is 346 g/mol. The molecule has 3 rings (SSSR count). The van der Waals surface area contributed by atoms with Crippen LogP contribution in [0.3, 0.4) is 0 Å². The van der Waals surface area contributed by atoms with Gasteiger partial charge in [-0.25, -0.2) is 0 Å². The monoisotopic (exact) mass is 375 g/mol. The van der Waals surface area contributed by atoms with Crippen molar-refractivity contribution in [2.24, 2.45) is 11.7 Å². The second kappa shape index (κ2) is 9.82. The lowest BCUT2D eigenvalue weighted by Gasteiger charge is -2.34. The minimum absolute atomic E-state index is 0.0342. The van der Waals surface area contributed by atoms with Crippen LogP contribution in [0, 0.1) is 5.92 Å². The van der Waals surface area contributed by atoms with Crippen LogP contribution < -0.4 is 5.73 Å². The molecule has 27 heavy (non-hydrogen) atoms. The number of carbonyl (C=O) groups is 2. The van der Waals surface area contributed by atoms with Gasteiger partial charge in [-0.15, -0.1) is 0 Å². The highest BCUT2D eigenvalue weighted by Crippen LogP contribution is 2.25. The van der Waals surface area contributed by atoms with Crippen molar-refractivity contribution in [2.45, 2.75) is 32.1 Å². The van der Waals surface area contributed by atoms with E-state index in [0.717, 1.165) is 31.5 Å². The van der Waals surface area contributed by atoms with Gasteiger partial charge in [0.2, 0.25) is 11.8 Å². The standard InChI is InChI=1S/C20H29N3O4/c21-18(24)8-11-23(14-16-4-2-1-3-5-16)19(25)15-22-9-6-17(7-10-22)20-26-12-13-27-20/h1-5,17,20H,6-15H2,(H2,21,24). The molecular formula is C20H29N3O4. The van der Waals surface area contributed by atoms with E-state index in [1.165, 1.54) is 0 Å². The van der Waals surface area contributed by atoms with Gasteiger partial charge in [-0.3, -0.25) is 14.5 Å². The first-order valence-corrected chi connectivity index (χ1v) is 9.67. The van der Waals surface area contributed by atoms with Crippen molar-refractivity contribution in [1.82, 2.24) is 9.80 Å². The molecule has 0 bridgehead atoms. The van der Waals surface area contributed by atoms with Crippen LogP contribution in [0.1, 0.15) is 24.8 Å². The Balaban J connectivity index is 1.51. The molecule has 0 saturated carbocycles. The average Bonchev–Trinajstić information content (AvgIpc) is 3.21. The first kappa shape index (κ1) is 19.8.